The minimum absolute atomic E-state index is 0.0603. The largest absolute Gasteiger partial charge is 0.389 e. The molecular formula is C35H32F4N4O4. The molecule has 0 saturated carbocycles. The zero-order valence-electron chi connectivity index (χ0n) is 25.1. The third kappa shape index (κ3) is 7.60. The third-order valence-corrected chi connectivity index (χ3v) is 8.35. The summed E-state index contributed by atoms with van der Waals surface area (Å²) in [5, 5.41) is 12.0. The van der Waals surface area contributed by atoms with Crippen molar-refractivity contribution in [1.29, 1.82) is 0 Å². The lowest BCUT2D eigenvalue weighted by Gasteiger charge is -2.49. The van der Waals surface area contributed by atoms with Gasteiger partial charge in [-0.2, -0.15) is 0 Å². The van der Waals surface area contributed by atoms with Gasteiger partial charge in [0.2, 0.25) is 11.8 Å². The predicted octanol–water partition coefficient (Wildman–Crippen LogP) is 4.85. The molecular weight excluding hydrogens is 616 g/mol. The van der Waals surface area contributed by atoms with E-state index in [0.717, 1.165) is 24.3 Å². The third-order valence-electron chi connectivity index (χ3n) is 8.35. The summed E-state index contributed by atoms with van der Waals surface area (Å²) in [6.45, 7) is -0.145. The number of benzene rings is 4. The summed E-state index contributed by atoms with van der Waals surface area (Å²) >= 11 is 0. The Hall–Kier alpha value is -5.23. The molecule has 0 aliphatic carbocycles. The SMILES string of the molecule is NC(=O)c1cccc(CN2C(=O)N(Cc3cccc(C(N)=O)c3)[C@H](Cc3ccc(F)c(F)c3)[C@H](O)[C@H]2CCc2ccc(F)c(F)c2)c1. The molecule has 12 heteroatoms. The van der Waals surface area contributed by atoms with E-state index in [2.05, 4.69) is 0 Å². The van der Waals surface area contributed by atoms with Gasteiger partial charge in [0.15, 0.2) is 23.3 Å². The van der Waals surface area contributed by atoms with Gasteiger partial charge in [-0.1, -0.05) is 36.4 Å². The number of amides is 4. The van der Waals surface area contributed by atoms with E-state index < -0.39 is 59.3 Å². The van der Waals surface area contributed by atoms with Gasteiger partial charge < -0.3 is 26.4 Å². The predicted molar refractivity (Wildman–Crippen MR) is 165 cm³/mol. The molecule has 4 amide bonds. The molecule has 3 atom stereocenters. The molecule has 0 aromatic heterocycles. The van der Waals surface area contributed by atoms with Crippen LogP contribution in [0, 0.1) is 23.3 Å². The standard InChI is InChI=1S/C35H32F4N4O4/c36-26-10-7-20(15-28(26)38)9-12-30-32(44)31(17-21-8-11-27(37)29(39)16-21)43(19-23-4-2-6-25(14-23)34(41)46)35(47)42(30)18-22-3-1-5-24(13-22)33(40)45/h1-8,10-11,13-16,30-32,44H,9,12,17-19H2,(H2,40,45)(H2,41,46)/t30-,31-,32-/m1/s1. The maximum absolute atomic E-state index is 14.5. The Labute approximate surface area is 268 Å². The van der Waals surface area contributed by atoms with Crippen molar-refractivity contribution < 1.29 is 37.1 Å². The van der Waals surface area contributed by atoms with Gasteiger partial charge in [0, 0.05) is 24.2 Å². The number of carbonyl (C=O) groups is 3. The monoisotopic (exact) mass is 648 g/mol. The van der Waals surface area contributed by atoms with Crippen LogP contribution in [-0.4, -0.2) is 50.9 Å². The first-order valence-corrected chi connectivity index (χ1v) is 14.8. The number of hydrogen-bond donors (Lipinski definition) is 3. The molecule has 1 heterocycles. The number of nitrogens with zero attached hydrogens (tertiary/aromatic N) is 2. The summed E-state index contributed by atoms with van der Waals surface area (Å²) in [6, 6.07) is 17.0. The molecule has 244 valence electrons. The van der Waals surface area contributed by atoms with E-state index in [4.69, 9.17) is 11.5 Å². The second kappa shape index (κ2) is 14.0. The Morgan fingerprint density at radius 1 is 0.638 bits per heavy atom. The van der Waals surface area contributed by atoms with Crippen LogP contribution >= 0.6 is 0 Å². The van der Waals surface area contributed by atoms with E-state index in [-0.39, 0.29) is 43.5 Å². The topological polar surface area (TPSA) is 130 Å². The van der Waals surface area contributed by atoms with Gasteiger partial charge in [0.05, 0.1) is 18.2 Å². The Morgan fingerprint density at radius 3 is 1.64 bits per heavy atom. The first-order chi connectivity index (χ1) is 22.4. The van der Waals surface area contributed by atoms with Crippen molar-refractivity contribution in [2.45, 2.75) is 50.5 Å². The van der Waals surface area contributed by atoms with Crippen LogP contribution in [0.4, 0.5) is 22.4 Å². The van der Waals surface area contributed by atoms with E-state index in [1.807, 2.05) is 0 Å². The Morgan fingerprint density at radius 2 is 1.13 bits per heavy atom. The fraction of sp³-hybridized carbons (Fsp3) is 0.229. The van der Waals surface area contributed by atoms with Crippen LogP contribution < -0.4 is 11.5 Å². The Bertz CT molecular complexity index is 1820. The van der Waals surface area contributed by atoms with Crippen LogP contribution in [0.5, 0.6) is 0 Å². The first kappa shape index (κ1) is 33.1. The van der Waals surface area contributed by atoms with E-state index in [9.17, 15) is 37.1 Å². The Balaban J connectivity index is 1.55. The van der Waals surface area contributed by atoms with Gasteiger partial charge in [0.1, 0.15) is 0 Å². The summed E-state index contributed by atoms with van der Waals surface area (Å²) in [5.74, 6) is -5.55. The molecule has 0 spiro atoms. The number of aliphatic hydroxyl groups excluding tert-OH is 1. The summed E-state index contributed by atoms with van der Waals surface area (Å²) in [7, 11) is 0. The van der Waals surface area contributed by atoms with Crippen molar-refractivity contribution in [3.05, 3.63) is 142 Å². The normalized spacial score (nSPS) is 18.0. The van der Waals surface area contributed by atoms with E-state index in [1.165, 1.54) is 46.2 Å². The summed E-state index contributed by atoms with van der Waals surface area (Å²) in [6.07, 6.45) is -1.08. The maximum Gasteiger partial charge on any atom is 0.321 e. The highest BCUT2D eigenvalue weighted by Crippen LogP contribution is 2.32. The minimum Gasteiger partial charge on any atom is -0.389 e. The molecule has 0 bridgehead atoms. The number of urea groups is 1. The molecule has 1 aliphatic rings. The van der Waals surface area contributed by atoms with Gasteiger partial charge >= 0.3 is 6.03 Å². The second-order valence-corrected chi connectivity index (χ2v) is 11.5. The van der Waals surface area contributed by atoms with Crippen LogP contribution in [0.25, 0.3) is 0 Å². The van der Waals surface area contributed by atoms with Crippen molar-refractivity contribution in [2.75, 3.05) is 0 Å². The lowest BCUT2D eigenvalue weighted by atomic mass is 9.87. The molecule has 5 N–H and O–H groups in total. The van der Waals surface area contributed by atoms with E-state index in [1.54, 1.807) is 24.3 Å². The van der Waals surface area contributed by atoms with Gasteiger partial charge in [-0.05, 0) is 90.0 Å². The molecule has 0 radical (unpaired) electrons. The average Bonchev–Trinajstić information content (AvgIpc) is 3.04. The van der Waals surface area contributed by atoms with Crippen molar-refractivity contribution >= 4 is 17.8 Å². The van der Waals surface area contributed by atoms with Crippen molar-refractivity contribution in [3.63, 3.8) is 0 Å². The highest BCUT2D eigenvalue weighted by atomic mass is 19.2. The fourth-order valence-corrected chi connectivity index (χ4v) is 5.96. The zero-order chi connectivity index (χ0) is 33.8. The molecule has 1 saturated heterocycles. The average molecular weight is 649 g/mol. The molecule has 0 unspecified atom stereocenters. The number of aryl methyl sites for hydroxylation is 1. The van der Waals surface area contributed by atoms with E-state index in [0.29, 0.717) is 22.3 Å². The summed E-state index contributed by atoms with van der Waals surface area (Å²) < 4.78 is 55.7. The number of rotatable bonds is 11. The summed E-state index contributed by atoms with van der Waals surface area (Å²) in [5.41, 5.74) is 13.2. The first-order valence-electron chi connectivity index (χ1n) is 14.8. The molecule has 1 aliphatic heterocycles. The number of aliphatic hydroxyl groups is 1. The molecule has 5 rings (SSSR count). The molecule has 47 heavy (non-hydrogen) atoms. The number of carbonyl (C=O) groups excluding carboxylic acids is 3. The number of primary amides is 2. The van der Waals surface area contributed by atoms with Gasteiger partial charge in [-0.25, -0.2) is 22.4 Å². The molecule has 4 aromatic carbocycles. The fourth-order valence-electron chi connectivity index (χ4n) is 5.96. The highest BCUT2D eigenvalue weighted by Gasteiger charge is 2.45. The summed E-state index contributed by atoms with van der Waals surface area (Å²) in [4.78, 5) is 41.0. The van der Waals surface area contributed by atoms with Crippen LogP contribution in [0.15, 0.2) is 84.9 Å². The molecule has 8 nitrogen and oxygen atoms in total. The van der Waals surface area contributed by atoms with Crippen LogP contribution in [-0.2, 0) is 25.9 Å². The van der Waals surface area contributed by atoms with Gasteiger partial charge in [-0.3, -0.25) is 9.59 Å². The molecule has 1 fully saturated rings. The highest BCUT2D eigenvalue weighted by molar-refractivity contribution is 5.93. The number of nitrogens with two attached hydrogens (primary N) is 2. The maximum atomic E-state index is 14.5. The smallest absolute Gasteiger partial charge is 0.321 e. The number of hydrogen-bond acceptors (Lipinski definition) is 4. The zero-order valence-corrected chi connectivity index (χ0v) is 25.1. The van der Waals surface area contributed by atoms with E-state index >= 15 is 0 Å². The number of halogens is 4. The quantitative estimate of drug-likeness (QED) is 0.201. The second-order valence-electron chi connectivity index (χ2n) is 11.5. The van der Waals surface area contributed by atoms with Crippen LogP contribution in [0.1, 0.15) is 49.4 Å². The molecule has 4 aromatic rings. The lowest BCUT2D eigenvalue weighted by Crippen LogP contribution is -2.66. The van der Waals surface area contributed by atoms with Crippen LogP contribution in [0.3, 0.4) is 0 Å². The van der Waals surface area contributed by atoms with Crippen LogP contribution in [0.2, 0.25) is 0 Å². The minimum atomic E-state index is -1.29. The van der Waals surface area contributed by atoms with Crippen molar-refractivity contribution in [1.82, 2.24) is 9.80 Å². The van der Waals surface area contributed by atoms with Gasteiger partial charge in [-0.15, -0.1) is 0 Å². The van der Waals surface area contributed by atoms with Crippen molar-refractivity contribution in [3.8, 4) is 0 Å². The van der Waals surface area contributed by atoms with Gasteiger partial charge in [0.25, 0.3) is 0 Å². The lowest BCUT2D eigenvalue weighted by molar-refractivity contribution is -0.0453. The Kier molecular flexibility index (Phi) is 9.90. The van der Waals surface area contributed by atoms with Crippen molar-refractivity contribution in [2.24, 2.45) is 11.5 Å².